The standard InChI is InChI=1S/C15H25IO11/c16-2-5(19)1-6-9(20)12(23)14(8(4-18)25-6)27-15-13(24)11(22)10(21)7(3-17)26-15/h6-15,17-18,20-24H,1-4H2/t6-,7?,8?,9?,10+,11-,12+,13?,14+,15+/m0/s1. The summed E-state index contributed by atoms with van der Waals surface area (Å²) in [5.41, 5.74) is 0. The van der Waals surface area contributed by atoms with E-state index in [-0.39, 0.29) is 16.6 Å². The Morgan fingerprint density at radius 3 is 1.96 bits per heavy atom. The zero-order valence-corrected chi connectivity index (χ0v) is 16.4. The van der Waals surface area contributed by atoms with Gasteiger partial charge in [0.2, 0.25) is 0 Å². The topological polar surface area (TPSA) is 186 Å². The maximum absolute atomic E-state index is 11.6. The lowest BCUT2D eigenvalue weighted by Gasteiger charge is -2.46. The Labute approximate surface area is 168 Å². The van der Waals surface area contributed by atoms with Crippen LogP contribution in [0.5, 0.6) is 0 Å². The van der Waals surface area contributed by atoms with Gasteiger partial charge in [0.25, 0.3) is 0 Å². The van der Waals surface area contributed by atoms with Crippen LogP contribution >= 0.6 is 22.6 Å². The summed E-state index contributed by atoms with van der Waals surface area (Å²) in [6.45, 7) is -1.29. The predicted octanol–water partition coefficient (Wildman–Crippen LogP) is -3.95. The monoisotopic (exact) mass is 508 g/mol. The van der Waals surface area contributed by atoms with Crippen molar-refractivity contribution in [1.82, 2.24) is 0 Å². The number of aliphatic hydroxyl groups is 7. The van der Waals surface area contributed by atoms with Crippen molar-refractivity contribution < 1.29 is 54.8 Å². The van der Waals surface area contributed by atoms with Gasteiger partial charge in [0.15, 0.2) is 6.29 Å². The van der Waals surface area contributed by atoms with E-state index in [2.05, 4.69) is 0 Å². The second-order valence-corrected chi connectivity index (χ2v) is 7.31. The third-order valence-corrected chi connectivity index (χ3v) is 5.53. The van der Waals surface area contributed by atoms with Crippen LogP contribution in [0.2, 0.25) is 0 Å². The molecule has 12 heteroatoms. The number of aliphatic hydroxyl groups excluding tert-OH is 7. The molecule has 2 saturated heterocycles. The van der Waals surface area contributed by atoms with Gasteiger partial charge in [-0.2, -0.15) is 0 Å². The van der Waals surface area contributed by atoms with Crippen LogP contribution in [0.15, 0.2) is 0 Å². The molecule has 0 radical (unpaired) electrons. The van der Waals surface area contributed by atoms with Crippen molar-refractivity contribution in [3.8, 4) is 0 Å². The van der Waals surface area contributed by atoms with Crippen molar-refractivity contribution >= 4 is 28.4 Å². The molecule has 158 valence electrons. The van der Waals surface area contributed by atoms with Crippen LogP contribution in [-0.2, 0) is 19.0 Å². The number of ketones is 1. The maximum atomic E-state index is 11.6. The van der Waals surface area contributed by atoms with Gasteiger partial charge < -0.3 is 50.0 Å². The molecular formula is C15H25IO11. The van der Waals surface area contributed by atoms with Gasteiger partial charge in [-0.05, 0) is 0 Å². The minimum absolute atomic E-state index is 0.162. The SMILES string of the molecule is O=C(CI)C[C@@H]1OC(CO)[C@@H](O[C@H]2OC(CO)[C@@H](O)[C@H](O)C2O)[C@H](O)C1O. The number of halogens is 1. The van der Waals surface area contributed by atoms with E-state index in [1.165, 1.54) is 0 Å². The van der Waals surface area contributed by atoms with Crippen molar-refractivity contribution in [1.29, 1.82) is 0 Å². The smallest absolute Gasteiger partial charge is 0.187 e. The zero-order valence-electron chi connectivity index (χ0n) is 14.2. The molecule has 2 aliphatic rings. The molecule has 4 unspecified atom stereocenters. The van der Waals surface area contributed by atoms with Crippen molar-refractivity contribution in [2.75, 3.05) is 17.6 Å². The van der Waals surface area contributed by atoms with Gasteiger partial charge in [-0.3, -0.25) is 4.79 Å². The molecule has 2 heterocycles. The number of hydrogen-bond acceptors (Lipinski definition) is 11. The van der Waals surface area contributed by atoms with E-state index >= 15 is 0 Å². The molecule has 10 atom stereocenters. The van der Waals surface area contributed by atoms with Crippen molar-refractivity contribution in [2.45, 2.75) is 67.6 Å². The Kier molecular flexibility index (Phi) is 8.76. The Hall–Kier alpha value is -0.0000000000000000139. The molecule has 0 aromatic carbocycles. The van der Waals surface area contributed by atoms with Crippen LogP contribution in [0.3, 0.4) is 0 Å². The highest BCUT2D eigenvalue weighted by molar-refractivity contribution is 14.1. The highest BCUT2D eigenvalue weighted by atomic mass is 127. The largest absolute Gasteiger partial charge is 0.394 e. The first kappa shape index (κ1) is 23.3. The number of alkyl halides is 1. The van der Waals surface area contributed by atoms with Gasteiger partial charge in [-0.15, -0.1) is 0 Å². The number of Topliss-reactive ketones (excluding diaryl/α,β-unsaturated/α-hetero) is 1. The first-order chi connectivity index (χ1) is 12.7. The fraction of sp³-hybridized carbons (Fsp3) is 0.933. The Bertz CT molecular complexity index is 490. The van der Waals surface area contributed by atoms with Gasteiger partial charge in [0.1, 0.15) is 54.6 Å². The minimum atomic E-state index is -1.72. The molecule has 0 bridgehead atoms. The lowest BCUT2D eigenvalue weighted by Crippen LogP contribution is -2.64. The van der Waals surface area contributed by atoms with E-state index in [9.17, 15) is 40.5 Å². The molecule has 0 aromatic rings. The normalized spacial score (nSPS) is 45.6. The fourth-order valence-corrected chi connectivity index (χ4v) is 3.43. The Balaban J connectivity index is 2.11. The second-order valence-electron chi connectivity index (χ2n) is 6.55. The third kappa shape index (κ3) is 5.14. The highest BCUT2D eigenvalue weighted by Gasteiger charge is 2.50. The lowest BCUT2D eigenvalue weighted by atomic mass is 9.92. The van der Waals surface area contributed by atoms with Crippen LogP contribution < -0.4 is 0 Å². The van der Waals surface area contributed by atoms with E-state index in [0.29, 0.717) is 0 Å². The molecule has 7 N–H and O–H groups in total. The van der Waals surface area contributed by atoms with E-state index in [1.54, 1.807) is 0 Å². The summed E-state index contributed by atoms with van der Waals surface area (Å²) < 4.78 is 16.3. The fourth-order valence-electron chi connectivity index (χ4n) is 3.11. The summed E-state index contributed by atoms with van der Waals surface area (Å²) in [6, 6.07) is 0. The van der Waals surface area contributed by atoms with E-state index < -0.39 is 74.4 Å². The predicted molar refractivity (Wildman–Crippen MR) is 94.9 cm³/mol. The first-order valence-electron chi connectivity index (χ1n) is 8.41. The number of carbonyl (C=O) groups excluding carboxylic acids is 1. The molecular weight excluding hydrogens is 483 g/mol. The van der Waals surface area contributed by atoms with Crippen LogP contribution in [-0.4, -0.2) is 120 Å². The molecule has 0 aromatic heterocycles. The summed E-state index contributed by atoms with van der Waals surface area (Å²) >= 11 is 1.86. The molecule has 0 saturated carbocycles. The Morgan fingerprint density at radius 1 is 0.815 bits per heavy atom. The molecule has 2 fully saturated rings. The summed E-state index contributed by atoms with van der Waals surface area (Å²) in [6.07, 6.45) is -14.6. The van der Waals surface area contributed by atoms with Crippen LogP contribution in [0.4, 0.5) is 0 Å². The van der Waals surface area contributed by atoms with Crippen LogP contribution in [0.1, 0.15) is 6.42 Å². The highest BCUT2D eigenvalue weighted by Crippen LogP contribution is 2.30. The Morgan fingerprint density at radius 2 is 1.41 bits per heavy atom. The zero-order chi connectivity index (χ0) is 20.3. The van der Waals surface area contributed by atoms with E-state index in [4.69, 9.17) is 14.2 Å². The molecule has 0 aliphatic carbocycles. The van der Waals surface area contributed by atoms with E-state index in [0.717, 1.165) is 0 Å². The summed E-state index contributed by atoms with van der Waals surface area (Å²) in [7, 11) is 0. The molecule has 2 aliphatic heterocycles. The van der Waals surface area contributed by atoms with Gasteiger partial charge in [0, 0.05) is 6.42 Å². The molecule has 11 nitrogen and oxygen atoms in total. The molecule has 27 heavy (non-hydrogen) atoms. The van der Waals surface area contributed by atoms with Crippen molar-refractivity contribution in [3.63, 3.8) is 0 Å². The summed E-state index contributed by atoms with van der Waals surface area (Å²) in [5.74, 6) is -0.211. The molecule has 0 amide bonds. The van der Waals surface area contributed by atoms with Crippen LogP contribution in [0.25, 0.3) is 0 Å². The van der Waals surface area contributed by atoms with Gasteiger partial charge >= 0.3 is 0 Å². The third-order valence-electron chi connectivity index (χ3n) is 4.68. The minimum Gasteiger partial charge on any atom is -0.394 e. The molecule has 0 spiro atoms. The maximum Gasteiger partial charge on any atom is 0.187 e. The number of rotatable bonds is 7. The number of ether oxygens (including phenoxy) is 3. The number of carbonyl (C=O) groups is 1. The lowest BCUT2D eigenvalue weighted by molar-refractivity contribution is -0.341. The van der Waals surface area contributed by atoms with Crippen LogP contribution in [0, 0.1) is 0 Å². The van der Waals surface area contributed by atoms with Gasteiger partial charge in [-0.25, -0.2) is 0 Å². The van der Waals surface area contributed by atoms with E-state index in [1.807, 2.05) is 22.6 Å². The molecule has 2 rings (SSSR count). The number of hydrogen-bond donors (Lipinski definition) is 7. The average molecular weight is 508 g/mol. The first-order valence-corrected chi connectivity index (χ1v) is 9.93. The second kappa shape index (κ2) is 10.2. The van der Waals surface area contributed by atoms with Crippen molar-refractivity contribution in [2.24, 2.45) is 0 Å². The van der Waals surface area contributed by atoms with Gasteiger partial charge in [-0.1, -0.05) is 22.6 Å². The quantitative estimate of drug-likeness (QED) is 0.131. The van der Waals surface area contributed by atoms with Crippen molar-refractivity contribution in [3.05, 3.63) is 0 Å². The van der Waals surface area contributed by atoms with Gasteiger partial charge in [0.05, 0.1) is 23.7 Å². The average Bonchev–Trinajstić information content (AvgIpc) is 2.67. The summed E-state index contributed by atoms with van der Waals surface area (Å²) in [5, 5.41) is 69.0. The summed E-state index contributed by atoms with van der Waals surface area (Å²) in [4.78, 5) is 11.6.